The van der Waals surface area contributed by atoms with Gasteiger partial charge in [-0.15, -0.1) is 0 Å². The average Bonchev–Trinajstić information content (AvgIpc) is 3.30. The van der Waals surface area contributed by atoms with Gasteiger partial charge in [0.05, 0.1) is 25.3 Å². The number of ether oxygens (including phenoxy) is 2. The maximum Gasteiger partial charge on any atom is 0.290 e. The summed E-state index contributed by atoms with van der Waals surface area (Å²) in [7, 11) is 0. The summed E-state index contributed by atoms with van der Waals surface area (Å²) in [5.41, 5.74) is 4.86. The third-order valence-corrected chi connectivity index (χ3v) is 8.19. The van der Waals surface area contributed by atoms with Crippen molar-refractivity contribution in [2.45, 2.75) is 73.9 Å². The quantitative estimate of drug-likeness (QED) is 0.124. The van der Waals surface area contributed by atoms with Gasteiger partial charge in [0.1, 0.15) is 18.0 Å². The van der Waals surface area contributed by atoms with Gasteiger partial charge in [0, 0.05) is 16.3 Å². The Labute approximate surface area is 274 Å². The zero-order valence-electron chi connectivity index (χ0n) is 27.4. The van der Waals surface area contributed by atoms with Crippen molar-refractivity contribution in [3.05, 3.63) is 90.5 Å². The number of halogens is 1. The molecule has 0 aliphatic carbocycles. The van der Waals surface area contributed by atoms with E-state index in [-0.39, 0.29) is 17.0 Å². The van der Waals surface area contributed by atoms with Crippen molar-refractivity contribution >= 4 is 21.8 Å². The van der Waals surface area contributed by atoms with E-state index in [0.717, 1.165) is 53.6 Å². The number of benzene rings is 4. The van der Waals surface area contributed by atoms with Crippen LogP contribution in [0.15, 0.2) is 84.9 Å². The fourth-order valence-electron chi connectivity index (χ4n) is 5.72. The van der Waals surface area contributed by atoms with Gasteiger partial charge >= 0.3 is 0 Å². The molecule has 0 amide bonds. The van der Waals surface area contributed by atoms with Crippen LogP contribution in [0.2, 0.25) is 0 Å². The molecule has 0 saturated heterocycles. The SMILES string of the molecule is CC(C)CCOc1cc(C[n+]2c(-c3ccccc3)n(CCC(C)C)c3ccccc32)c(OCCC(C)C)c2ccccc12.[Br-]. The van der Waals surface area contributed by atoms with Crippen LogP contribution in [-0.4, -0.2) is 17.8 Å². The van der Waals surface area contributed by atoms with E-state index in [1.165, 1.54) is 22.4 Å². The van der Waals surface area contributed by atoms with Crippen LogP contribution in [0.3, 0.4) is 0 Å². The molecule has 1 aromatic heterocycles. The van der Waals surface area contributed by atoms with E-state index < -0.39 is 0 Å². The fraction of sp³-hybridized carbons (Fsp3) is 0.410. The molecule has 0 radical (unpaired) electrons. The van der Waals surface area contributed by atoms with Crippen LogP contribution in [-0.2, 0) is 13.1 Å². The Morgan fingerprint density at radius 3 is 1.93 bits per heavy atom. The lowest BCUT2D eigenvalue weighted by Gasteiger charge is -2.19. The summed E-state index contributed by atoms with van der Waals surface area (Å²) in [6.45, 7) is 16.6. The summed E-state index contributed by atoms with van der Waals surface area (Å²) in [4.78, 5) is 0. The highest BCUT2D eigenvalue weighted by Gasteiger charge is 2.28. The molecule has 0 bridgehead atoms. The summed E-state index contributed by atoms with van der Waals surface area (Å²) in [6, 6.07) is 30.5. The minimum atomic E-state index is 0. The molecule has 4 nitrogen and oxygen atoms in total. The van der Waals surface area contributed by atoms with E-state index >= 15 is 0 Å². The normalized spacial score (nSPS) is 11.6. The zero-order chi connectivity index (χ0) is 30.3. The number of hydrogen-bond donors (Lipinski definition) is 0. The molecule has 5 heteroatoms. The summed E-state index contributed by atoms with van der Waals surface area (Å²) in [5, 5.41) is 2.23. The topological polar surface area (TPSA) is 27.3 Å². The number of nitrogens with zero attached hydrogens (tertiary/aromatic N) is 2. The van der Waals surface area contributed by atoms with Crippen molar-refractivity contribution in [1.82, 2.24) is 4.57 Å². The van der Waals surface area contributed by atoms with Crippen molar-refractivity contribution in [2.24, 2.45) is 17.8 Å². The van der Waals surface area contributed by atoms with E-state index in [4.69, 9.17) is 9.47 Å². The molecule has 0 aliphatic heterocycles. The lowest BCUT2D eigenvalue weighted by molar-refractivity contribution is -0.651. The molecule has 5 aromatic rings. The van der Waals surface area contributed by atoms with Crippen LogP contribution >= 0.6 is 0 Å². The molecular formula is C39H49BrN2O2. The Kier molecular flexibility index (Phi) is 11.9. The molecule has 0 saturated carbocycles. The Hall–Kier alpha value is -3.31. The first kappa shape index (κ1) is 33.6. The number of aromatic nitrogens is 2. The molecule has 44 heavy (non-hydrogen) atoms. The Morgan fingerprint density at radius 1 is 0.659 bits per heavy atom. The molecule has 0 fully saturated rings. The standard InChI is InChI=1S/C39H49N2O2.BrH/c1-28(2)20-23-40-35-18-12-13-19-36(35)41(39(40)31-14-8-7-9-15-31)27-32-26-37(42-24-21-29(3)4)33-16-10-11-17-34(33)38(32)43-25-22-30(5)6;/h7-19,26,28-30H,20-25,27H2,1-6H3;1H/q+1;/p-1. The van der Waals surface area contributed by atoms with Crippen LogP contribution < -0.4 is 31.0 Å². The Bertz CT molecular complexity index is 1640. The molecule has 0 unspecified atom stereocenters. The monoisotopic (exact) mass is 656 g/mol. The molecule has 1 heterocycles. The van der Waals surface area contributed by atoms with Crippen molar-refractivity contribution in [3.8, 4) is 22.9 Å². The van der Waals surface area contributed by atoms with Gasteiger partial charge in [0.2, 0.25) is 0 Å². The highest BCUT2D eigenvalue weighted by molar-refractivity contribution is 5.94. The summed E-state index contributed by atoms with van der Waals surface area (Å²) in [6.07, 6.45) is 3.15. The third kappa shape index (κ3) is 7.85. The number of aryl methyl sites for hydroxylation is 1. The molecule has 5 rings (SSSR count). The summed E-state index contributed by atoms with van der Waals surface area (Å²) < 4.78 is 18.2. The molecular weight excluding hydrogens is 608 g/mol. The first-order chi connectivity index (χ1) is 20.8. The van der Waals surface area contributed by atoms with E-state index in [9.17, 15) is 0 Å². The summed E-state index contributed by atoms with van der Waals surface area (Å²) >= 11 is 0. The van der Waals surface area contributed by atoms with Gasteiger partial charge in [0.15, 0.2) is 11.0 Å². The van der Waals surface area contributed by atoms with E-state index in [1.807, 2.05) is 0 Å². The second-order valence-electron chi connectivity index (χ2n) is 13.1. The summed E-state index contributed by atoms with van der Waals surface area (Å²) in [5.74, 6) is 4.92. The Balaban J connectivity index is 0.00000442. The van der Waals surface area contributed by atoms with Gasteiger partial charge < -0.3 is 26.5 Å². The Morgan fingerprint density at radius 2 is 1.25 bits per heavy atom. The van der Waals surface area contributed by atoms with Gasteiger partial charge in [0.25, 0.3) is 5.82 Å². The molecule has 234 valence electrons. The van der Waals surface area contributed by atoms with E-state index in [1.54, 1.807) is 0 Å². The van der Waals surface area contributed by atoms with Crippen molar-refractivity contribution in [3.63, 3.8) is 0 Å². The van der Waals surface area contributed by atoms with E-state index in [2.05, 4.69) is 136 Å². The predicted octanol–water partition coefficient (Wildman–Crippen LogP) is 6.70. The molecule has 0 aliphatic rings. The molecule has 0 atom stereocenters. The van der Waals surface area contributed by atoms with Gasteiger partial charge in [-0.05, 0) is 67.3 Å². The number of fused-ring (bicyclic) bond motifs is 2. The van der Waals surface area contributed by atoms with E-state index in [0.29, 0.717) is 37.5 Å². The number of rotatable bonds is 14. The molecule has 4 aromatic carbocycles. The molecule has 0 N–H and O–H groups in total. The zero-order valence-corrected chi connectivity index (χ0v) is 28.9. The number of hydrogen-bond acceptors (Lipinski definition) is 2. The van der Waals surface area contributed by atoms with Crippen molar-refractivity contribution in [2.75, 3.05) is 13.2 Å². The first-order valence-electron chi connectivity index (χ1n) is 16.2. The highest BCUT2D eigenvalue weighted by atomic mass is 79.9. The average molecular weight is 658 g/mol. The van der Waals surface area contributed by atoms with Crippen LogP contribution in [0.4, 0.5) is 0 Å². The predicted molar refractivity (Wildman–Crippen MR) is 180 cm³/mol. The van der Waals surface area contributed by atoms with Crippen LogP contribution in [0.5, 0.6) is 11.5 Å². The lowest BCUT2D eigenvalue weighted by atomic mass is 10.0. The van der Waals surface area contributed by atoms with Crippen molar-refractivity contribution in [1.29, 1.82) is 0 Å². The van der Waals surface area contributed by atoms with Gasteiger partial charge in [-0.25, -0.2) is 9.13 Å². The van der Waals surface area contributed by atoms with Gasteiger partial charge in [-0.3, -0.25) is 0 Å². The number of para-hydroxylation sites is 2. The largest absolute Gasteiger partial charge is 1.00 e. The second kappa shape index (κ2) is 15.6. The van der Waals surface area contributed by atoms with Crippen LogP contribution in [0.1, 0.15) is 66.4 Å². The van der Waals surface area contributed by atoms with Gasteiger partial charge in [-0.2, -0.15) is 0 Å². The lowest BCUT2D eigenvalue weighted by Crippen LogP contribution is -3.00. The van der Waals surface area contributed by atoms with Crippen LogP contribution in [0.25, 0.3) is 33.2 Å². The highest BCUT2D eigenvalue weighted by Crippen LogP contribution is 2.38. The minimum absolute atomic E-state index is 0. The van der Waals surface area contributed by atoms with Gasteiger partial charge in [-0.1, -0.05) is 96.1 Å². The molecule has 0 spiro atoms. The first-order valence-corrected chi connectivity index (χ1v) is 16.2. The fourth-order valence-corrected chi connectivity index (χ4v) is 5.72. The second-order valence-corrected chi connectivity index (χ2v) is 13.1. The third-order valence-electron chi connectivity index (χ3n) is 8.19. The number of imidazole rings is 1. The smallest absolute Gasteiger partial charge is 0.290 e. The van der Waals surface area contributed by atoms with Crippen molar-refractivity contribution < 1.29 is 31.0 Å². The maximum absolute atomic E-state index is 6.70. The van der Waals surface area contributed by atoms with Crippen LogP contribution in [0, 0.1) is 17.8 Å². The maximum atomic E-state index is 6.70. The minimum Gasteiger partial charge on any atom is -1.00 e.